The minimum absolute atomic E-state index is 0.161. The summed E-state index contributed by atoms with van der Waals surface area (Å²) >= 11 is 0. The molecule has 2 unspecified atom stereocenters. The van der Waals surface area contributed by atoms with Gasteiger partial charge in [0.05, 0.1) is 5.92 Å². The minimum atomic E-state index is -0.641. The average Bonchev–Trinajstić information content (AvgIpc) is 2.01. The van der Waals surface area contributed by atoms with Gasteiger partial charge in [-0.2, -0.15) is 0 Å². The molecule has 0 radical (unpaired) electrons. The van der Waals surface area contributed by atoms with Crippen molar-refractivity contribution in [1.82, 2.24) is 0 Å². The second kappa shape index (κ2) is 4.63. The fourth-order valence-corrected chi connectivity index (χ4v) is 2.20. The first-order valence-corrected chi connectivity index (χ1v) is 5.41. The number of carbonyl (C=O) groups is 1. The summed E-state index contributed by atoms with van der Waals surface area (Å²) in [6, 6.07) is 0. The van der Waals surface area contributed by atoms with E-state index in [4.69, 9.17) is 5.11 Å². The summed E-state index contributed by atoms with van der Waals surface area (Å²) in [5.74, 6) is 0.171. The van der Waals surface area contributed by atoms with Crippen molar-refractivity contribution in [2.24, 2.45) is 17.8 Å². The zero-order valence-electron chi connectivity index (χ0n) is 9.29. The molecule has 0 fully saturated rings. The van der Waals surface area contributed by atoms with Crippen LogP contribution in [0.2, 0.25) is 0 Å². The molecule has 0 aromatic carbocycles. The van der Waals surface area contributed by atoms with E-state index in [1.54, 1.807) is 0 Å². The molecule has 1 rings (SSSR count). The number of aliphatic carboxylic acids is 1. The lowest BCUT2D eigenvalue weighted by atomic mass is 9.79. The van der Waals surface area contributed by atoms with Gasteiger partial charge in [0.25, 0.3) is 0 Å². The van der Waals surface area contributed by atoms with E-state index >= 15 is 0 Å². The Balaban J connectivity index is 2.58. The van der Waals surface area contributed by atoms with E-state index in [0.717, 1.165) is 19.3 Å². The Morgan fingerprint density at radius 2 is 2.29 bits per heavy atom. The van der Waals surface area contributed by atoms with Crippen molar-refractivity contribution >= 4 is 5.97 Å². The van der Waals surface area contributed by atoms with Crippen molar-refractivity contribution < 1.29 is 9.90 Å². The lowest BCUT2D eigenvalue weighted by molar-refractivity contribution is -0.143. The van der Waals surface area contributed by atoms with Crippen molar-refractivity contribution in [3.8, 4) is 0 Å². The van der Waals surface area contributed by atoms with Crippen LogP contribution in [-0.4, -0.2) is 11.1 Å². The molecule has 2 heteroatoms. The molecule has 1 aliphatic carbocycles. The maximum absolute atomic E-state index is 10.9. The highest BCUT2D eigenvalue weighted by Gasteiger charge is 2.27. The molecule has 0 bridgehead atoms. The Bertz CT molecular complexity index is 241. The second-order valence-electron chi connectivity index (χ2n) is 4.82. The summed E-state index contributed by atoms with van der Waals surface area (Å²) in [6.07, 6.45) is 4.95. The van der Waals surface area contributed by atoms with Crippen molar-refractivity contribution in [2.75, 3.05) is 0 Å². The molecule has 0 saturated heterocycles. The fourth-order valence-electron chi connectivity index (χ4n) is 2.20. The molecule has 80 valence electrons. The van der Waals surface area contributed by atoms with Crippen LogP contribution in [0, 0.1) is 17.8 Å². The molecule has 0 amide bonds. The van der Waals surface area contributed by atoms with Gasteiger partial charge in [-0.1, -0.05) is 32.4 Å². The molecule has 0 spiro atoms. The molecule has 0 saturated carbocycles. The molecule has 1 N–H and O–H groups in total. The van der Waals surface area contributed by atoms with Crippen LogP contribution in [0.1, 0.15) is 40.0 Å². The maximum Gasteiger partial charge on any atom is 0.307 e. The van der Waals surface area contributed by atoms with Crippen LogP contribution in [0.25, 0.3) is 0 Å². The molecular formula is C12H20O2. The van der Waals surface area contributed by atoms with E-state index in [9.17, 15) is 4.79 Å². The van der Waals surface area contributed by atoms with Gasteiger partial charge in [-0.15, -0.1) is 0 Å². The number of carboxylic acid groups (broad SMARTS) is 1. The van der Waals surface area contributed by atoms with Gasteiger partial charge in [0, 0.05) is 0 Å². The van der Waals surface area contributed by atoms with E-state index < -0.39 is 5.97 Å². The lowest BCUT2D eigenvalue weighted by Gasteiger charge is -2.26. The van der Waals surface area contributed by atoms with Crippen LogP contribution < -0.4 is 0 Å². The van der Waals surface area contributed by atoms with E-state index in [0.29, 0.717) is 11.8 Å². The van der Waals surface area contributed by atoms with Gasteiger partial charge in [-0.3, -0.25) is 4.79 Å². The van der Waals surface area contributed by atoms with Gasteiger partial charge < -0.3 is 5.11 Å². The normalized spacial score (nSPS) is 27.6. The summed E-state index contributed by atoms with van der Waals surface area (Å²) < 4.78 is 0. The second-order valence-corrected chi connectivity index (χ2v) is 4.82. The van der Waals surface area contributed by atoms with E-state index in [2.05, 4.69) is 19.9 Å². The molecule has 0 aromatic rings. The SMILES string of the molecule is CC(C)CC1=CCC(C(=O)O)C(C)C1. The summed E-state index contributed by atoms with van der Waals surface area (Å²) in [5.41, 5.74) is 1.45. The average molecular weight is 196 g/mol. The smallest absolute Gasteiger partial charge is 0.307 e. The number of carboxylic acids is 1. The highest BCUT2D eigenvalue weighted by Crippen LogP contribution is 2.32. The molecular weight excluding hydrogens is 176 g/mol. The summed E-state index contributed by atoms with van der Waals surface area (Å²) in [5, 5.41) is 8.95. The van der Waals surface area contributed by atoms with Gasteiger partial charge in [0.15, 0.2) is 0 Å². The van der Waals surface area contributed by atoms with Crippen LogP contribution in [0.4, 0.5) is 0 Å². The maximum atomic E-state index is 10.9. The quantitative estimate of drug-likeness (QED) is 0.704. The first kappa shape index (κ1) is 11.3. The third-order valence-electron chi connectivity index (χ3n) is 2.92. The Labute approximate surface area is 86.0 Å². The number of hydrogen-bond acceptors (Lipinski definition) is 1. The van der Waals surface area contributed by atoms with Gasteiger partial charge in [0.1, 0.15) is 0 Å². The minimum Gasteiger partial charge on any atom is -0.481 e. The van der Waals surface area contributed by atoms with Crippen molar-refractivity contribution in [3.05, 3.63) is 11.6 Å². The van der Waals surface area contributed by atoms with Crippen molar-refractivity contribution in [1.29, 1.82) is 0 Å². The highest BCUT2D eigenvalue weighted by molar-refractivity contribution is 5.70. The Hall–Kier alpha value is -0.790. The van der Waals surface area contributed by atoms with Crippen LogP contribution in [0.15, 0.2) is 11.6 Å². The Morgan fingerprint density at radius 1 is 1.64 bits per heavy atom. The van der Waals surface area contributed by atoms with Crippen LogP contribution in [-0.2, 0) is 4.79 Å². The predicted molar refractivity (Wildman–Crippen MR) is 57.1 cm³/mol. The third-order valence-corrected chi connectivity index (χ3v) is 2.92. The van der Waals surface area contributed by atoms with Crippen molar-refractivity contribution in [3.63, 3.8) is 0 Å². The lowest BCUT2D eigenvalue weighted by Crippen LogP contribution is -2.24. The molecule has 0 aromatic heterocycles. The topological polar surface area (TPSA) is 37.3 Å². The molecule has 2 nitrogen and oxygen atoms in total. The predicted octanol–water partition coefficient (Wildman–Crippen LogP) is 3.09. The van der Waals surface area contributed by atoms with Crippen LogP contribution in [0.3, 0.4) is 0 Å². The third kappa shape index (κ3) is 2.86. The zero-order chi connectivity index (χ0) is 10.7. The molecule has 0 aliphatic heterocycles. The van der Waals surface area contributed by atoms with Gasteiger partial charge in [-0.25, -0.2) is 0 Å². The van der Waals surface area contributed by atoms with Gasteiger partial charge >= 0.3 is 5.97 Å². The van der Waals surface area contributed by atoms with Crippen LogP contribution in [0.5, 0.6) is 0 Å². The highest BCUT2D eigenvalue weighted by atomic mass is 16.4. The molecule has 0 heterocycles. The van der Waals surface area contributed by atoms with E-state index in [-0.39, 0.29) is 5.92 Å². The van der Waals surface area contributed by atoms with E-state index in [1.807, 2.05) is 6.92 Å². The summed E-state index contributed by atoms with van der Waals surface area (Å²) in [4.78, 5) is 10.9. The molecule has 2 atom stereocenters. The monoisotopic (exact) mass is 196 g/mol. The first-order chi connectivity index (χ1) is 6.50. The first-order valence-electron chi connectivity index (χ1n) is 5.41. The summed E-state index contributed by atoms with van der Waals surface area (Å²) in [6.45, 7) is 6.45. The Morgan fingerprint density at radius 3 is 2.71 bits per heavy atom. The Kier molecular flexibility index (Phi) is 3.73. The number of rotatable bonds is 3. The number of allylic oxidation sites excluding steroid dienone is 2. The molecule has 14 heavy (non-hydrogen) atoms. The van der Waals surface area contributed by atoms with Crippen molar-refractivity contribution in [2.45, 2.75) is 40.0 Å². The largest absolute Gasteiger partial charge is 0.481 e. The zero-order valence-corrected chi connectivity index (χ0v) is 9.29. The molecule has 1 aliphatic rings. The standard InChI is InChI=1S/C12H20O2/c1-8(2)6-10-4-5-11(12(13)14)9(3)7-10/h4,8-9,11H,5-7H2,1-3H3,(H,13,14). The summed E-state index contributed by atoms with van der Waals surface area (Å²) in [7, 11) is 0. The van der Waals surface area contributed by atoms with Gasteiger partial charge in [-0.05, 0) is 31.1 Å². The van der Waals surface area contributed by atoms with Crippen LogP contribution >= 0.6 is 0 Å². The number of hydrogen-bond donors (Lipinski definition) is 1. The fraction of sp³-hybridized carbons (Fsp3) is 0.750. The van der Waals surface area contributed by atoms with E-state index in [1.165, 1.54) is 5.57 Å². The van der Waals surface area contributed by atoms with Gasteiger partial charge in [0.2, 0.25) is 0 Å².